The van der Waals surface area contributed by atoms with Crippen LogP contribution in [0.5, 0.6) is 0 Å². The van der Waals surface area contributed by atoms with E-state index >= 15 is 0 Å². The molecule has 3 nitrogen and oxygen atoms in total. The van der Waals surface area contributed by atoms with Crippen molar-refractivity contribution in [2.75, 3.05) is 5.43 Å². The molecule has 2 rings (SSSR count). The van der Waals surface area contributed by atoms with Crippen LogP contribution in [0.1, 0.15) is 25.7 Å². The molecule has 0 aliphatic heterocycles. The van der Waals surface area contributed by atoms with Crippen LogP contribution in [0.15, 0.2) is 23.3 Å². The van der Waals surface area contributed by atoms with Gasteiger partial charge < -0.3 is 0 Å². The molecule has 0 unspecified atom stereocenters. The zero-order valence-corrected chi connectivity index (χ0v) is 10.7. The highest BCUT2D eigenvalue weighted by Crippen LogP contribution is 2.25. The number of nitrogens with one attached hydrogen (secondary N) is 1. The molecule has 0 atom stereocenters. The fourth-order valence-electron chi connectivity index (χ4n) is 1.70. The van der Waals surface area contributed by atoms with E-state index in [1.54, 1.807) is 18.2 Å². The summed E-state index contributed by atoms with van der Waals surface area (Å²) in [5, 5.41) is 5.21. The number of benzene rings is 1. The number of hydrazone groups is 1. The molecule has 0 amide bonds. The van der Waals surface area contributed by atoms with E-state index in [2.05, 4.69) is 10.5 Å². The van der Waals surface area contributed by atoms with Crippen molar-refractivity contribution in [3.8, 4) is 0 Å². The topological polar surface area (TPSA) is 41.5 Å². The number of carbonyl (C=O) groups is 1. The van der Waals surface area contributed by atoms with Crippen molar-refractivity contribution in [1.82, 2.24) is 0 Å². The lowest BCUT2D eigenvalue weighted by Gasteiger charge is -2.12. The zero-order chi connectivity index (χ0) is 12.3. The minimum atomic E-state index is 0.255. The molecule has 0 radical (unpaired) electrons. The molecule has 1 N–H and O–H groups in total. The molecule has 1 aromatic rings. The second-order valence-corrected chi connectivity index (χ2v) is 4.80. The van der Waals surface area contributed by atoms with Gasteiger partial charge in [-0.2, -0.15) is 5.10 Å². The van der Waals surface area contributed by atoms with Gasteiger partial charge in [0.05, 0.1) is 15.7 Å². The Hall–Kier alpha value is -1.06. The van der Waals surface area contributed by atoms with Crippen molar-refractivity contribution in [3.63, 3.8) is 0 Å². The van der Waals surface area contributed by atoms with E-state index in [4.69, 9.17) is 23.2 Å². The van der Waals surface area contributed by atoms with Gasteiger partial charge in [-0.1, -0.05) is 23.2 Å². The second-order valence-electron chi connectivity index (χ2n) is 3.99. The largest absolute Gasteiger partial charge is 0.299 e. The van der Waals surface area contributed by atoms with Crippen LogP contribution in [-0.4, -0.2) is 11.5 Å². The highest BCUT2D eigenvalue weighted by Gasteiger charge is 2.14. The Morgan fingerprint density at radius 3 is 2.71 bits per heavy atom. The number of hydrogen-bond donors (Lipinski definition) is 1. The molecule has 5 heteroatoms. The summed E-state index contributed by atoms with van der Waals surface area (Å²) >= 11 is 11.7. The standard InChI is InChI=1S/C12H12Cl2N2O/c13-11-5-4-9(7-12(11)14)16-15-8-2-1-3-10(17)6-8/h4-5,7,16H,1-3,6H2/b15-8+. The van der Waals surface area contributed by atoms with Crippen molar-refractivity contribution < 1.29 is 4.79 Å². The highest BCUT2D eigenvalue weighted by molar-refractivity contribution is 6.42. The molecule has 1 saturated carbocycles. The fourth-order valence-corrected chi connectivity index (χ4v) is 2.00. The van der Waals surface area contributed by atoms with E-state index in [0.717, 1.165) is 24.2 Å². The Morgan fingerprint density at radius 2 is 2.00 bits per heavy atom. The third kappa shape index (κ3) is 3.45. The van der Waals surface area contributed by atoms with Gasteiger partial charge in [0.1, 0.15) is 5.78 Å². The van der Waals surface area contributed by atoms with Crippen molar-refractivity contribution >= 4 is 40.4 Å². The van der Waals surface area contributed by atoms with Crippen LogP contribution < -0.4 is 5.43 Å². The number of carbonyl (C=O) groups excluding carboxylic acids is 1. The maximum atomic E-state index is 11.2. The average Bonchev–Trinajstić information content (AvgIpc) is 2.31. The summed E-state index contributed by atoms with van der Waals surface area (Å²) in [7, 11) is 0. The van der Waals surface area contributed by atoms with Crippen molar-refractivity contribution in [2.24, 2.45) is 5.10 Å². The molecular weight excluding hydrogens is 259 g/mol. The summed E-state index contributed by atoms with van der Waals surface area (Å²) in [6, 6.07) is 5.21. The van der Waals surface area contributed by atoms with Gasteiger partial charge >= 0.3 is 0 Å². The molecule has 1 aromatic carbocycles. The molecule has 17 heavy (non-hydrogen) atoms. The van der Waals surface area contributed by atoms with E-state index in [-0.39, 0.29) is 5.78 Å². The van der Waals surface area contributed by atoms with Crippen LogP contribution in [0.25, 0.3) is 0 Å². The van der Waals surface area contributed by atoms with Gasteiger partial charge in [0.25, 0.3) is 0 Å². The lowest BCUT2D eigenvalue weighted by Crippen LogP contribution is -2.15. The Bertz CT molecular complexity index is 472. The number of halogens is 2. The molecule has 0 spiro atoms. The van der Waals surface area contributed by atoms with E-state index < -0.39 is 0 Å². The molecular formula is C12H12Cl2N2O. The van der Waals surface area contributed by atoms with E-state index in [0.29, 0.717) is 22.9 Å². The maximum Gasteiger partial charge on any atom is 0.138 e. The lowest BCUT2D eigenvalue weighted by atomic mass is 9.97. The Labute approximate surface area is 110 Å². The number of hydrogen-bond acceptors (Lipinski definition) is 3. The molecule has 0 bridgehead atoms. The fraction of sp³-hybridized carbons (Fsp3) is 0.333. The van der Waals surface area contributed by atoms with Gasteiger partial charge in [0, 0.05) is 18.6 Å². The Morgan fingerprint density at radius 1 is 1.18 bits per heavy atom. The summed E-state index contributed by atoms with van der Waals surface area (Å²) in [5.41, 5.74) is 4.56. The van der Waals surface area contributed by atoms with Crippen LogP contribution in [0, 0.1) is 0 Å². The summed E-state index contributed by atoms with van der Waals surface area (Å²) in [4.78, 5) is 11.2. The molecule has 90 valence electrons. The Kier molecular flexibility index (Phi) is 4.02. The van der Waals surface area contributed by atoms with E-state index in [1.165, 1.54) is 0 Å². The summed E-state index contributed by atoms with van der Waals surface area (Å²) in [6.45, 7) is 0. The van der Waals surface area contributed by atoms with Crippen LogP contribution in [-0.2, 0) is 4.79 Å². The van der Waals surface area contributed by atoms with Gasteiger partial charge in [0.2, 0.25) is 0 Å². The maximum absolute atomic E-state index is 11.2. The first-order valence-corrected chi connectivity index (χ1v) is 6.19. The van der Waals surface area contributed by atoms with Gasteiger partial charge in [-0.05, 0) is 31.0 Å². The third-order valence-corrected chi connectivity index (χ3v) is 3.32. The summed E-state index contributed by atoms with van der Waals surface area (Å²) < 4.78 is 0. The quantitative estimate of drug-likeness (QED) is 0.828. The first-order valence-electron chi connectivity index (χ1n) is 5.43. The minimum Gasteiger partial charge on any atom is -0.299 e. The van der Waals surface area contributed by atoms with Crippen LogP contribution in [0.3, 0.4) is 0 Å². The predicted molar refractivity (Wildman–Crippen MR) is 71.0 cm³/mol. The van der Waals surface area contributed by atoms with Gasteiger partial charge in [-0.25, -0.2) is 0 Å². The van der Waals surface area contributed by atoms with Crippen LogP contribution in [0.4, 0.5) is 5.69 Å². The van der Waals surface area contributed by atoms with Gasteiger partial charge in [-0.3, -0.25) is 10.2 Å². The predicted octanol–water partition coefficient (Wildman–Crippen LogP) is 3.90. The Balaban J connectivity index is 2.03. The van der Waals surface area contributed by atoms with Gasteiger partial charge in [-0.15, -0.1) is 0 Å². The SMILES string of the molecule is O=C1CCC/C(=N\Nc2ccc(Cl)c(Cl)c2)C1. The number of Topliss-reactive ketones (excluding diaryl/α,β-unsaturated/α-hetero) is 1. The lowest BCUT2D eigenvalue weighted by molar-refractivity contribution is -0.118. The van der Waals surface area contributed by atoms with Crippen molar-refractivity contribution in [3.05, 3.63) is 28.2 Å². The molecule has 1 aliphatic carbocycles. The molecule has 0 aromatic heterocycles. The van der Waals surface area contributed by atoms with Crippen LogP contribution in [0.2, 0.25) is 10.0 Å². The summed E-state index contributed by atoms with van der Waals surface area (Å²) in [5.74, 6) is 0.255. The average molecular weight is 271 g/mol. The number of rotatable bonds is 2. The monoisotopic (exact) mass is 270 g/mol. The zero-order valence-electron chi connectivity index (χ0n) is 9.17. The summed E-state index contributed by atoms with van der Waals surface area (Å²) in [6.07, 6.45) is 2.89. The van der Waals surface area contributed by atoms with Crippen molar-refractivity contribution in [1.29, 1.82) is 0 Å². The molecule has 1 fully saturated rings. The van der Waals surface area contributed by atoms with Crippen molar-refractivity contribution in [2.45, 2.75) is 25.7 Å². The molecule has 1 aliphatic rings. The van der Waals surface area contributed by atoms with E-state index in [9.17, 15) is 4.79 Å². The second kappa shape index (κ2) is 5.52. The first-order chi connectivity index (χ1) is 8.15. The first kappa shape index (κ1) is 12.4. The smallest absolute Gasteiger partial charge is 0.138 e. The molecule has 0 saturated heterocycles. The molecule has 0 heterocycles. The van der Waals surface area contributed by atoms with E-state index in [1.807, 2.05) is 0 Å². The highest BCUT2D eigenvalue weighted by atomic mass is 35.5. The van der Waals surface area contributed by atoms with Gasteiger partial charge in [0.15, 0.2) is 0 Å². The third-order valence-electron chi connectivity index (χ3n) is 2.58. The number of anilines is 1. The minimum absolute atomic E-state index is 0.255. The number of ketones is 1. The normalized spacial score (nSPS) is 18.5. The number of nitrogens with zero attached hydrogens (tertiary/aromatic N) is 1. The van der Waals surface area contributed by atoms with Crippen LogP contribution >= 0.6 is 23.2 Å².